The molecule has 1 saturated heterocycles. The largest absolute Gasteiger partial charge is 0.310 e. The van der Waals surface area contributed by atoms with Crippen LogP contribution in [0, 0.1) is 19.8 Å². The summed E-state index contributed by atoms with van der Waals surface area (Å²) >= 11 is 0. The van der Waals surface area contributed by atoms with E-state index in [0.29, 0.717) is 6.04 Å². The van der Waals surface area contributed by atoms with Crippen molar-refractivity contribution < 1.29 is 0 Å². The summed E-state index contributed by atoms with van der Waals surface area (Å²) in [5.74, 6) is 0.786. The van der Waals surface area contributed by atoms with E-state index in [4.69, 9.17) is 0 Å². The van der Waals surface area contributed by atoms with Gasteiger partial charge in [-0.15, -0.1) is 0 Å². The van der Waals surface area contributed by atoms with Crippen molar-refractivity contribution in [1.29, 1.82) is 0 Å². The first kappa shape index (κ1) is 13.1. The molecule has 18 heavy (non-hydrogen) atoms. The van der Waals surface area contributed by atoms with Crippen LogP contribution in [0.1, 0.15) is 36.7 Å². The van der Waals surface area contributed by atoms with Gasteiger partial charge in [0.1, 0.15) is 0 Å². The van der Waals surface area contributed by atoms with Crippen molar-refractivity contribution in [2.45, 2.75) is 39.7 Å². The predicted octanol–water partition coefficient (Wildman–Crippen LogP) is 2.98. The molecule has 0 aromatic carbocycles. The molecular weight excluding hydrogens is 222 g/mol. The highest BCUT2D eigenvalue weighted by Crippen LogP contribution is 2.19. The lowest BCUT2D eigenvalue weighted by atomic mass is 9.92. The number of hydrogen-bond donors (Lipinski definition) is 2. The number of aromatic amines is 1. The topological polar surface area (TPSA) is 40.7 Å². The van der Waals surface area contributed by atoms with Crippen LogP contribution >= 0.6 is 0 Å². The van der Waals surface area contributed by atoms with Crippen LogP contribution in [0.15, 0.2) is 18.2 Å². The van der Waals surface area contributed by atoms with Crippen molar-refractivity contribution in [3.8, 4) is 0 Å². The summed E-state index contributed by atoms with van der Waals surface area (Å²) in [7, 11) is 0. The highest BCUT2D eigenvalue weighted by Gasteiger charge is 2.18. The molecule has 1 aliphatic heterocycles. The lowest BCUT2D eigenvalue weighted by Crippen LogP contribution is -2.38. The van der Waals surface area contributed by atoms with E-state index in [1.807, 2.05) is 6.92 Å². The van der Waals surface area contributed by atoms with Gasteiger partial charge in [0.15, 0.2) is 0 Å². The fourth-order valence-corrected chi connectivity index (χ4v) is 2.28. The molecule has 0 saturated carbocycles. The molecule has 0 amide bonds. The van der Waals surface area contributed by atoms with Gasteiger partial charge in [-0.1, -0.05) is 19.6 Å². The van der Waals surface area contributed by atoms with Gasteiger partial charge in [-0.05, 0) is 56.4 Å². The van der Waals surface area contributed by atoms with Crippen LogP contribution in [0.5, 0.6) is 0 Å². The van der Waals surface area contributed by atoms with E-state index in [2.05, 4.69) is 48.1 Å². The van der Waals surface area contributed by atoms with Crippen molar-refractivity contribution >= 4 is 6.08 Å². The van der Waals surface area contributed by atoms with Crippen LogP contribution in [-0.4, -0.2) is 22.8 Å². The zero-order valence-electron chi connectivity index (χ0n) is 11.6. The molecular formula is C15H23N3. The molecule has 2 N–H and O–H groups in total. The Bertz CT molecular complexity index is 448. The Balaban J connectivity index is 1.97. The Kier molecular flexibility index (Phi) is 4.02. The minimum atomic E-state index is 0.429. The Morgan fingerprint density at radius 2 is 2.17 bits per heavy atom. The first-order valence-corrected chi connectivity index (χ1v) is 6.69. The third-order valence-electron chi connectivity index (χ3n) is 3.85. The molecule has 3 nitrogen and oxygen atoms in total. The minimum absolute atomic E-state index is 0.429. The second-order valence-corrected chi connectivity index (χ2v) is 5.41. The average molecular weight is 245 g/mol. The number of nitrogens with one attached hydrogen (secondary N) is 2. The summed E-state index contributed by atoms with van der Waals surface area (Å²) in [5.41, 5.74) is 4.51. The van der Waals surface area contributed by atoms with Crippen LogP contribution in [0.25, 0.3) is 6.08 Å². The lowest BCUT2D eigenvalue weighted by Gasteiger charge is -2.28. The van der Waals surface area contributed by atoms with E-state index >= 15 is 0 Å². The summed E-state index contributed by atoms with van der Waals surface area (Å²) < 4.78 is 0. The Morgan fingerprint density at radius 1 is 1.39 bits per heavy atom. The van der Waals surface area contributed by atoms with E-state index in [-0.39, 0.29) is 0 Å². The summed E-state index contributed by atoms with van der Waals surface area (Å²) in [6.07, 6.45) is 6.62. The minimum Gasteiger partial charge on any atom is -0.310 e. The molecule has 0 radical (unpaired) electrons. The normalized spacial score (nSPS) is 24.6. The van der Waals surface area contributed by atoms with Crippen molar-refractivity contribution in [2.24, 2.45) is 5.92 Å². The van der Waals surface area contributed by atoms with Gasteiger partial charge >= 0.3 is 0 Å². The molecule has 0 aliphatic carbocycles. The quantitative estimate of drug-likeness (QED) is 0.804. The number of hydrogen-bond acceptors (Lipinski definition) is 2. The van der Waals surface area contributed by atoms with Gasteiger partial charge in [0, 0.05) is 11.7 Å². The second-order valence-electron chi connectivity index (χ2n) is 5.41. The van der Waals surface area contributed by atoms with Gasteiger partial charge in [-0.2, -0.15) is 5.10 Å². The Labute approximate surface area is 109 Å². The number of aryl methyl sites for hydroxylation is 1. The van der Waals surface area contributed by atoms with Crippen LogP contribution in [0.3, 0.4) is 0 Å². The van der Waals surface area contributed by atoms with Crippen molar-refractivity contribution in [3.63, 3.8) is 0 Å². The van der Waals surface area contributed by atoms with Gasteiger partial charge in [-0.25, -0.2) is 0 Å². The molecule has 1 fully saturated rings. The van der Waals surface area contributed by atoms with Gasteiger partial charge < -0.3 is 5.32 Å². The molecule has 98 valence electrons. The SMILES string of the molecule is C=C(/C=C\c1n[nH]c(C)c1C)[C@@H]1CC[C@@H](C)CN1. The van der Waals surface area contributed by atoms with Gasteiger partial charge in [-0.3, -0.25) is 5.10 Å². The fourth-order valence-electron chi connectivity index (χ4n) is 2.28. The summed E-state index contributed by atoms with van der Waals surface area (Å²) in [4.78, 5) is 0. The number of rotatable bonds is 3. The third-order valence-corrected chi connectivity index (χ3v) is 3.85. The van der Waals surface area contributed by atoms with Gasteiger partial charge in [0.2, 0.25) is 0 Å². The standard InChI is InChI=1S/C15H23N3/c1-10-5-7-14(16-9-10)11(2)6-8-15-12(3)13(4)17-18-15/h6,8,10,14,16H,2,5,7,9H2,1,3-4H3,(H,17,18)/b8-6-/t10-,14+/m1/s1. The maximum atomic E-state index is 4.27. The summed E-state index contributed by atoms with van der Waals surface area (Å²) in [6.45, 7) is 11.7. The molecule has 2 rings (SSSR count). The lowest BCUT2D eigenvalue weighted by molar-refractivity contribution is 0.356. The Morgan fingerprint density at radius 3 is 2.72 bits per heavy atom. The number of piperidine rings is 1. The van der Waals surface area contributed by atoms with Crippen molar-refractivity contribution in [3.05, 3.63) is 35.2 Å². The van der Waals surface area contributed by atoms with Crippen molar-refractivity contribution in [1.82, 2.24) is 15.5 Å². The van der Waals surface area contributed by atoms with Crippen LogP contribution in [0.4, 0.5) is 0 Å². The van der Waals surface area contributed by atoms with Crippen molar-refractivity contribution in [2.75, 3.05) is 6.54 Å². The smallest absolute Gasteiger partial charge is 0.0880 e. The highest BCUT2D eigenvalue weighted by atomic mass is 15.1. The number of nitrogens with zero attached hydrogens (tertiary/aromatic N) is 1. The molecule has 0 unspecified atom stereocenters. The highest BCUT2D eigenvalue weighted by molar-refractivity contribution is 5.53. The zero-order valence-corrected chi connectivity index (χ0v) is 11.6. The van der Waals surface area contributed by atoms with Gasteiger partial charge in [0.25, 0.3) is 0 Å². The van der Waals surface area contributed by atoms with E-state index in [1.54, 1.807) is 0 Å². The Hall–Kier alpha value is -1.35. The van der Waals surface area contributed by atoms with Crippen LogP contribution in [-0.2, 0) is 0 Å². The maximum absolute atomic E-state index is 4.27. The second kappa shape index (κ2) is 5.53. The molecule has 0 bridgehead atoms. The number of aromatic nitrogens is 2. The van der Waals surface area contributed by atoms with E-state index < -0.39 is 0 Å². The fraction of sp³-hybridized carbons (Fsp3) is 0.533. The zero-order chi connectivity index (χ0) is 13.1. The predicted molar refractivity (Wildman–Crippen MR) is 76.4 cm³/mol. The van der Waals surface area contributed by atoms with E-state index in [9.17, 15) is 0 Å². The van der Waals surface area contributed by atoms with Crippen LogP contribution in [0.2, 0.25) is 0 Å². The molecule has 3 heteroatoms. The molecule has 1 aromatic rings. The molecule has 0 spiro atoms. The number of H-pyrrole nitrogens is 1. The molecule has 1 aliphatic rings. The first-order valence-electron chi connectivity index (χ1n) is 6.69. The molecule has 2 heterocycles. The third kappa shape index (κ3) is 2.91. The van der Waals surface area contributed by atoms with E-state index in [1.165, 1.54) is 18.4 Å². The summed E-state index contributed by atoms with van der Waals surface area (Å²) in [6, 6.07) is 0.429. The van der Waals surface area contributed by atoms with Crippen LogP contribution < -0.4 is 5.32 Å². The van der Waals surface area contributed by atoms with E-state index in [0.717, 1.165) is 29.4 Å². The molecule has 1 aromatic heterocycles. The molecule has 2 atom stereocenters. The average Bonchev–Trinajstić information content (AvgIpc) is 2.68. The monoisotopic (exact) mass is 245 g/mol. The first-order chi connectivity index (χ1) is 8.58. The maximum Gasteiger partial charge on any atom is 0.0880 e. The summed E-state index contributed by atoms with van der Waals surface area (Å²) in [5, 5.41) is 10.8. The van der Waals surface area contributed by atoms with Gasteiger partial charge in [0.05, 0.1) is 5.69 Å².